The third-order valence-corrected chi connectivity index (χ3v) is 8.29. The number of hydrogen-bond acceptors (Lipinski definition) is 7. The number of hydrogen-bond donors (Lipinski definition) is 2. The molecule has 1 atom stereocenters. The molecule has 10 heteroatoms. The van der Waals surface area contributed by atoms with E-state index in [-0.39, 0.29) is 17.4 Å². The predicted octanol–water partition coefficient (Wildman–Crippen LogP) is 2.84. The average Bonchev–Trinajstić information content (AvgIpc) is 3.23. The van der Waals surface area contributed by atoms with Crippen LogP contribution in [0.15, 0.2) is 40.4 Å². The van der Waals surface area contributed by atoms with Crippen molar-refractivity contribution in [2.45, 2.75) is 42.9 Å². The Labute approximate surface area is 206 Å². The third-order valence-electron chi connectivity index (χ3n) is 6.99. The number of thioether (sulfide) groups is 1. The molecule has 6 rings (SSSR count). The van der Waals surface area contributed by atoms with E-state index in [0.717, 1.165) is 71.9 Å². The lowest BCUT2D eigenvalue weighted by Crippen LogP contribution is -2.43. The molecule has 3 aromatic rings. The molecule has 3 aliphatic heterocycles. The molecule has 6 heterocycles. The Kier molecular flexibility index (Phi) is 5.81. The zero-order valence-electron chi connectivity index (χ0n) is 18.6. The van der Waals surface area contributed by atoms with Crippen molar-refractivity contribution in [3.05, 3.63) is 57.1 Å². The van der Waals surface area contributed by atoms with Crippen LogP contribution in [-0.4, -0.2) is 56.8 Å². The summed E-state index contributed by atoms with van der Waals surface area (Å²) >= 11 is 8.02. The maximum atomic E-state index is 12.4. The largest absolute Gasteiger partial charge is 0.323 e. The van der Waals surface area contributed by atoms with Crippen molar-refractivity contribution < 1.29 is 4.79 Å². The molecule has 2 N–H and O–H groups in total. The van der Waals surface area contributed by atoms with Crippen LogP contribution in [0, 0.1) is 0 Å². The van der Waals surface area contributed by atoms with E-state index in [4.69, 9.17) is 11.6 Å². The number of nitrogens with zero attached hydrogens (tertiary/aromatic N) is 4. The molecule has 0 saturated carbocycles. The van der Waals surface area contributed by atoms with Gasteiger partial charge in [0.15, 0.2) is 0 Å². The van der Waals surface area contributed by atoms with Gasteiger partial charge in [-0.3, -0.25) is 14.6 Å². The predicted molar refractivity (Wildman–Crippen MR) is 134 cm³/mol. The minimum Gasteiger partial charge on any atom is -0.323 e. The number of fused-ring (bicyclic) bond motifs is 1. The number of carbonyl (C=O) groups is 1. The molecule has 1 amide bonds. The molecule has 176 valence electrons. The number of amides is 1. The van der Waals surface area contributed by atoms with Crippen LogP contribution in [0.25, 0.3) is 11.0 Å². The fraction of sp³-hybridized carbons (Fsp3) is 0.417. The van der Waals surface area contributed by atoms with E-state index < -0.39 is 0 Å². The van der Waals surface area contributed by atoms with Gasteiger partial charge in [0, 0.05) is 55.6 Å². The lowest BCUT2D eigenvalue weighted by atomic mass is 9.98. The number of anilines is 1. The van der Waals surface area contributed by atoms with Gasteiger partial charge in [-0.25, -0.2) is 4.98 Å². The number of pyridine rings is 3. The molecule has 1 saturated heterocycles. The molecular weight excluding hydrogens is 472 g/mol. The van der Waals surface area contributed by atoms with E-state index >= 15 is 0 Å². The van der Waals surface area contributed by atoms with Crippen LogP contribution < -0.4 is 16.2 Å². The Bertz CT molecular complexity index is 1340. The minimum atomic E-state index is 0.0121. The Hall–Kier alpha value is -2.46. The fourth-order valence-electron chi connectivity index (χ4n) is 5.30. The number of halogens is 1. The van der Waals surface area contributed by atoms with Gasteiger partial charge >= 0.3 is 0 Å². The van der Waals surface area contributed by atoms with Gasteiger partial charge in [-0.05, 0) is 43.6 Å². The van der Waals surface area contributed by atoms with E-state index in [1.54, 1.807) is 18.3 Å². The molecule has 0 aliphatic carbocycles. The van der Waals surface area contributed by atoms with E-state index in [1.165, 1.54) is 11.8 Å². The van der Waals surface area contributed by atoms with Crippen LogP contribution in [0.4, 0.5) is 5.69 Å². The number of piperidine rings is 1. The van der Waals surface area contributed by atoms with E-state index in [2.05, 4.69) is 25.5 Å². The Morgan fingerprint density at radius 1 is 1.18 bits per heavy atom. The lowest BCUT2D eigenvalue weighted by molar-refractivity contribution is -0.113. The standard InChI is InChI=1S/C24H25ClN6O2S/c25-17-10-27-18-1-2-21(33)31-12-15(22(17)23(18)31)11-30-5-3-16(4-6-30)26-8-14-7-19-24(28-9-14)34-13-20(32)29-19/h1-2,7,9-10,15-16,26H,3-6,8,11-13H2,(H,29,32). The summed E-state index contributed by atoms with van der Waals surface area (Å²) in [7, 11) is 0. The Morgan fingerprint density at radius 3 is 2.88 bits per heavy atom. The summed E-state index contributed by atoms with van der Waals surface area (Å²) in [6, 6.07) is 5.85. The third kappa shape index (κ3) is 4.11. The van der Waals surface area contributed by atoms with Crippen molar-refractivity contribution in [1.29, 1.82) is 0 Å². The number of nitrogens with one attached hydrogen (secondary N) is 2. The van der Waals surface area contributed by atoms with Crippen LogP contribution in [0.1, 0.15) is 29.9 Å². The van der Waals surface area contributed by atoms with E-state index in [1.807, 2.05) is 16.8 Å². The quantitative estimate of drug-likeness (QED) is 0.561. The summed E-state index contributed by atoms with van der Waals surface area (Å²) in [5.41, 5.74) is 4.70. The summed E-state index contributed by atoms with van der Waals surface area (Å²) in [5.74, 6) is 0.658. The maximum absolute atomic E-state index is 12.4. The van der Waals surface area contributed by atoms with Crippen molar-refractivity contribution in [3.8, 4) is 0 Å². The highest BCUT2D eigenvalue weighted by molar-refractivity contribution is 8.00. The number of rotatable bonds is 5. The summed E-state index contributed by atoms with van der Waals surface area (Å²) in [6.07, 6.45) is 5.72. The number of carbonyl (C=O) groups excluding carboxylic acids is 1. The lowest BCUT2D eigenvalue weighted by Gasteiger charge is -2.34. The molecule has 0 aromatic carbocycles. The van der Waals surface area contributed by atoms with Crippen LogP contribution in [0.2, 0.25) is 5.02 Å². The average molecular weight is 497 g/mol. The second-order valence-corrected chi connectivity index (χ2v) is 10.6. The van der Waals surface area contributed by atoms with Crippen molar-refractivity contribution in [2.75, 3.05) is 30.7 Å². The van der Waals surface area contributed by atoms with Gasteiger partial charge in [0.25, 0.3) is 5.56 Å². The second-order valence-electron chi connectivity index (χ2n) is 9.22. The normalized spacial score (nSPS) is 20.5. The molecule has 3 aromatic heterocycles. The second kappa shape index (κ2) is 8.96. The van der Waals surface area contributed by atoms with Gasteiger partial charge in [-0.15, -0.1) is 0 Å². The topological polar surface area (TPSA) is 92.2 Å². The van der Waals surface area contributed by atoms with Crippen molar-refractivity contribution in [2.24, 2.45) is 0 Å². The van der Waals surface area contributed by atoms with Gasteiger partial charge in [-0.2, -0.15) is 0 Å². The first kappa shape index (κ1) is 22.0. The van der Waals surface area contributed by atoms with Gasteiger partial charge in [0.1, 0.15) is 5.03 Å². The Morgan fingerprint density at radius 2 is 2.03 bits per heavy atom. The van der Waals surface area contributed by atoms with E-state index in [9.17, 15) is 9.59 Å². The first-order chi connectivity index (χ1) is 16.5. The molecule has 1 unspecified atom stereocenters. The highest BCUT2D eigenvalue weighted by Crippen LogP contribution is 2.37. The molecule has 0 bridgehead atoms. The highest BCUT2D eigenvalue weighted by atomic mass is 35.5. The van der Waals surface area contributed by atoms with Crippen LogP contribution >= 0.6 is 23.4 Å². The monoisotopic (exact) mass is 496 g/mol. The van der Waals surface area contributed by atoms with Crippen molar-refractivity contribution >= 4 is 46.0 Å². The number of aromatic nitrogens is 3. The zero-order valence-corrected chi connectivity index (χ0v) is 20.2. The molecule has 0 spiro atoms. The van der Waals surface area contributed by atoms with Crippen molar-refractivity contribution in [1.82, 2.24) is 24.8 Å². The highest BCUT2D eigenvalue weighted by Gasteiger charge is 2.31. The van der Waals surface area contributed by atoms with Crippen molar-refractivity contribution in [3.63, 3.8) is 0 Å². The summed E-state index contributed by atoms with van der Waals surface area (Å²) in [6.45, 7) is 4.28. The molecule has 1 fully saturated rings. The van der Waals surface area contributed by atoms with Gasteiger partial charge in [-0.1, -0.05) is 23.4 Å². The van der Waals surface area contributed by atoms with Crippen LogP contribution in [0.3, 0.4) is 0 Å². The molecule has 34 heavy (non-hydrogen) atoms. The summed E-state index contributed by atoms with van der Waals surface area (Å²) in [4.78, 5) is 35.4. The van der Waals surface area contributed by atoms with E-state index in [0.29, 0.717) is 23.4 Å². The SMILES string of the molecule is O=C1CSc2ncc(CNC3CCN(CC4Cn5c(=O)ccc6ncc(Cl)c4c65)CC3)cc2N1. The number of likely N-dealkylation sites (tertiary alicyclic amines) is 1. The molecule has 3 aliphatic rings. The maximum Gasteiger partial charge on any atom is 0.251 e. The fourth-order valence-corrected chi connectivity index (χ4v) is 6.33. The molecule has 0 radical (unpaired) electrons. The first-order valence-corrected chi connectivity index (χ1v) is 13.0. The zero-order chi connectivity index (χ0) is 23.2. The van der Waals surface area contributed by atoms with Gasteiger partial charge in [0.2, 0.25) is 5.91 Å². The summed E-state index contributed by atoms with van der Waals surface area (Å²) < 4.78 is 1.83. The minimum absolute atomic E-state index is 0.0121. The van der Waals surface area contributed by atoms with Gasteiger partial charge < -0.3 is 20.1 Å². The molecular formula is C24H25ClN6O2S. The Balaban J connectivity index is 1.06. The van der Waals surface area contributed by atoms with Gasteiger partial charge in [0.05, 0.1) is 27.5 Å². The van der Waals surface area contributed by atoms with Crippen LogP contribution in [-0.2, 0) is 17.9 Å². The smallest absolute Gasteiger partial charge is 0.251 e. The summed E-state index contributed by atoms with van der Waals surface area (Å²) in [5, 5.41) is 8.10. The first-order valence-electron chi connectivity index (χ1n) is 11.6. The molecule has 8 nitrogen and oxygen atoms in total. The van der Waals surface area contributed by atoms with Crippen LogP contribution in [0.5, 0.6) is 0 Å².